The molecule has 0 saturated carbocycles. The van der Waals surface area contributed by atoms with Gasteiger partial charge in [-0.1, -0.05) is 6.92 Å². The van der Waals surface area contributed by atoms with Crippen LogP contribution in [0.15, 0.2) is 34.5 Å². The Kier molecular flexibility index (Phi) is 2.75. The van der Waals surface area contributed by atoms with Crippen LogP contribution in [0.5, 0.6) is 5.75 Å². The second kappa shape index (κ2) is 4.31. The van der Waals surface area contributed by atoms with Crippen molar-refractivity contribution in [3.05, 3.63) is 57.0 Å². The summed E-state index contributed by atoms with van der Waals surface area (Å²) >= 11 is 1.54. The van der Waals surface area contributed by atoms with Crippen molar-refractivity contribution in [2.45, 2.75) is 12.8 Å². The van der Waals surface area contributed by atoms with Crippen molar-refractivity contribution >= 4 is 23.2 Å². The fraction of sp³-hybridized carbons (Fsp3) is 0.133. The summed E-state index contributed by atoms with van der Waals surface area (Å²) in [5, 5.41) is 13.6. The number of ketones is 1. The molecule has 1 heterocycles. The zero-order valence-corrected chi connectivity index (χ0v) is 11.0. The molecule has 96 valence electrons. The lowest BCUT2D eigenvalue weighted by atomic mass is 9.98. The third kappa shape index (κ3) is 1.79. The van der Waals surface area contributed by atoms with E-state index in [0.29, 0.717) is 11.1 Å². The van der Waals surface area contributed by atoms with Crippen LogP contribution >= 0.6 is 11.3 Å². The number of thiophene rings is 1. The van der Waals surface area contributed by atoms with Gasteiger partial charge in [0.1, 0.15) is 11.6 Å². The summed E-state index contributed by atoms with van der Waals surface area (Å²) in [4.78, 5) is 12.3. The molecule has 0 aliphatic heterocycles. The summed E-state index contributed by atoms with van der Waals surface area (Å²) < 4.78 is 13.9. The standard InChI is InChI=1S/C15H11FO2S/c1-8-10(6-9-4-5-19-7-9)15(18)14-12(17)3-2-11(16)13(8)14/h2-8,17H,1H3/b10-6+/t8-/m1/s1. The number of carbonyl (C=O) groups is 1. The average molecular weight is 274 g/mol. The van der Waals surface area contributed by atoms with E-state index in [9.17, 15) is 14.3 Å². The predicted octanol–water partition coefficient (Wildman–Crippen LogP) is 3.98. The second-order valence-corrected chi connectivity index (χ2v) is 5.34. The van der Waals surface area contributed by atoms with Crippen LogP contribution in [-0.2, 0) is 0 Å². The number of halogens is 1. The third-order valence-corrected chi connectivity index (χ3v) is 4.13. The quantitative estimate of drug-likeness (QED) is 0.799. The van der Waals surface area contributed by atoms with E-state index in [-0.39, 0.29) is 23.0 Å². The van der Waals surface area contributed by atoms with Gasteiger partial charge in [0.05, 0.1) is 5.56 Å². The molecule has 1 atom stereocenters. The Morgan fingerprint density at radius 1 is 1.37 bits per heavy atom. The lowest BCUT2D eigenvalue weighted by molar-refractivity contribution is 0.103. The molecule has 2 nitrogen and oxygen atoms in total. The number of benzene rings is 1. The third-order valence-electron chi connectivity index (χ3n) is 3.42. The smallest absolute Gasteiger partial charge is 0.193 e. The molecule has 0 radical (unpaired) electrons. The molecule has 1 aliphatic rings. The Balaban J connectivity index is 2.17. The number of Topliss-reactive ketones (excluding diaryl/α,β-unsaturated/α-hetero) is 1. The van der Waals surface area contributed by atoms with Gasteiger partial charge in [0.15, 0.2) is 5.78 Å². The van der Waals surface area contributed by atoms with Crippen molar-refractivity contribution in [3.63, 3.8) is 0 Å². The maximum atomic E-state index is 13.9. The largest absolute Gasteiger partial charge is 0.507 e. The summed E-state index contributed by atoms with van der Waals surface area (Å²) in [7, 11) is 0. The predicted molar refractivity (Wildman–Crippen MR) is 73.1 cm³/mol. The molecule has 1 N–H and O–H groups in total. The fourth-order valence-electron chi connectivity index (χ4n) is 2.47. The molecule has 1 aromatic carbocycles. The van der Waals surface area contributed by atoms with Gasteiger partial charge in [-0.05, 0) is 40.6 Å². The molecule has 3 rings (SSSR count). The first-order valence-corrected chi connectivity index (χ1v) is 6.83. The summed E-state index contributed by atoms with van der Waals surface area (Å²) in [5.74, 6) is -1.22. The van der Waals surface area contributed by atoms with E-state index < -0.39 is 5.82 Å². The highest BCUT2D eigenvalue weighted by Crippen LogP contribution is 2.43. The van der Waals surface area contributed by atoms with E-state index >= 15 is 0 Å². The van der Waals surface area contributed by atoms with E-state index in [1.54, 1.807) is 13.0 Å². The van der Waals surface area contributed by atoms with Gasteiger partial charge in [-0.25, -0.2) is 4.39 Å². The van der Waals surface area contributed by atoms with Crippen molar-refractivity contribution in [1.29, 1.82) is 0 Å². The van der Waals surface area contributed by atoms with Crippen LogP contribution in [0.2, 0.25) is 0 Å². The number of phenols is 1. The van der Waals surface area contributed by atoms with Crippen LogP contribution in [-0.4, -0.2) is 10.9 Å². The van der Waals surface area contributed by atoms with Crippen LogP contribution < -0.4 is 0 Å². The summed E-state index contributed by atoms with van der Waals surface area (Å²) in [6.45, 7) is 1.78. The number of hydrogen-bond acceptors (Lipinski definition) is 3. The molecule has 19 heavy (non-hydrogen) atoms. The first-order valence-electron chi connectivity index (χ1n) is 5.89. The first-order chi connectivity index (χ1) is 9.09. The van der Waals surface area contributed by atoms with E-state index in [0.717, 1.165) is 5.56 Å². The van der Waals surface area contributed by atoms with Crippen LogP contribution in [0.3, 0.4) is 0 Å². The Morgan fingerprint density at radius 2 is 2.16 bits per heavy atom. The van der Waals surface area contributed by atoms with Gasteiger partial charge in [0.2, 0.25) is 0 Å². The van der Waals surface area contributed by atoms with Crippen molar-refractivity contribution in [2.24, 2.45) is 0 Å². The van der Waals surface area contributed by atoms with Gasteiger partial charge in [0, 0.05) is 17.1 Å². The molecule has 0 fully saturated rings. The summed E-state index contributed by atoms with van der Waals surface area (Å²) in [5.41, 5.74) is 1.85. The summed E-state index contributed by atoms with van der Waals surface area (Å²) in [6.07, 6.45) is 1.77. The number of rotatable bonds is 1. The van der Waals surface area contributed by atoms with Crippen molar-refractivity contribution in [1.82, 2.24) is 0 Å². The van der Waals surface area contributed by atoms with Crippen LogP contribution in [0.1, 0.15) is 34.3 Å². The molecular weight excluding hydrogens is 263 g/mol. The minimum absolute atomic E-state index is 0.106. The van der Waals surface area contributed by atoms with Gasteiger partial charge in [0.25, 0.3) is 0 Å². The Bertz CT molecular complexity index is 686. The van der Waals surface area contributed by atoms with E-state index in [1.165, 1.54) is 23.5 Å². The van der Waals surface area contributed by atoms with Crippen LogP contribution in [0.25, 0.3) is 6.08 Å². The van der Waals surface area contributed by atoms with Gasteiger partial charge in [-0.3, -0.25) is 4.79 Å². The zero-order chi connectivity index (χ0) is 13.6. The number of carbonyl (C=O) groups excluding carboxylic acids is 1. The molecular formula is C15H11FO2S. The lowest BCUT2D eigenvalue weighted by Gasteiger charge is -2.06. The van der Waals surface area contributed by atoms with Crippen LogP contribution in [0, 0.1) is 5.82 Å². The van der Waals surface area contributed by atoms with E-state index in [1.807, 2.05) is 16.8 Å². The fourth-order valence-corrected chi connectivity index (χ4v) is 3.09. The molecule has 1 aromatic heterocycles. The number of phenolic OH excluding ortho intramolecular Hbond substituents is 1. The van der Waals surface area contributed by atoms with E-state index in [2.05, 4.69) is 0 Å². The normalized spacial score (nSPS) is 20.0. The SMILES string of the molecule is C[C@@H]1/C(=C\c2ccsc2)C(=O)c2c(O)ccc(F)c21. The molecule has 0 amide bonds. The monoisotopic (exact) mass is 274 g/mol. The molecule has 1 aliphatic carbocycles. The molecule has 0 spiro atoms. The maximum Gasteiger partial charge on any atom is 0.193 e. The zero-order valence-electron chi connectivity index (χ0n) is 10.2. The van der Waals surface area contributed by atoms with Crippen molar-refractivity contribution < 1.29 is 14.3 Å². The Labute approximate surface area is 113 Å². The number of hydrogen-bond donors (Lipinski definition) is 1. The van der Waals surface area contributed by atoms with Gasteiger partial charge >= 0.3 is 0 Å². The Hall–Kier alpha value is -1.94. The highest BCUT2D eigenvalue weighted by Gasteiger charge is 2.36. The molecule has 2 aromatic rings. The van der Waals surface area contributed by atoms with E-state index in [4.69, 9.17) is 0 Å². The van der Waals surface area contributed by atoms with Crippen LogP contribution in [0.4, 0.5) is 4.39 Å². The minimum atomic E-state index is -0.442. The van der Waals surface area contributed by atoms with Crippen molar-refractivity contribution in [2.75, 3.05) is 0 Å². The molecule has 0 unspecified atom stereocenters. The maximum absolute atomic E-state index is 13.9. The highest BCUT2D eigenvalue weighted by atomic mass is 32.1. The highest BCUT2D eigenvalue weighted by molar-refractivity contribution is 7.08. The lowest BCUT2D eigenvalue weighted by Crippen LogP contribution is -1.97. The number of aromatic hydroxyl groups is 1. The topological polar surface area (TPSA) is 37.3 Å². The van der Waals surface area contributed by atoms with Gasteiger partial charge < -0.3 is 5.11 Å². The molecule has 0 bridgehead atoms. The number of fused-ring (bicyclic) bond motifs is 1. The minimum Gasteiger partial charge on any atom is -0.507 e. The molecule has 4 heteroatoms. The number of allylic oxidation sites excluding steroid dienone is 1. The molecule has 0 saturated heterocycles. The average Bonchev–Trinajstić information content (AvgIpc) is 2.97. The van der Waals surface area contributed by atoms with Crippen molar-refractivity contribution in [3.8, 4) is 5.75 Å². The van der Waals surface area contributed by atoms with Gasteiger partial charge in [-0.2, -0.15) is 11.3 Å². The first kappa shape index (κ1) is 12.1. The van der Waals surface area contributed by atoms with Gasteiger partial charge in [-0.15, -0.1) is 0 Å². The summed E-state index contributed by atoms with van der Waals surface area (Å²) in [6, 6.07) is 4.33. The second-order valence-electron chi connectivity index (χ2n) is 4.56. The Morgan fingerprint density at radius 3 is 2.79 bits per heavy atom.